The smallest absolute Gasteiger partial charge is 0.0695 e. The molecule has 132 valence electrons. The van der Waals surface area contributed by atoms with Gasteiger partial charge in [-0.15, -0.1) is 0 Å². The minimum atomic E-state index is -0.132. The minimum absolute atomic E-state index is 0.132. The summed E-state index contributed by atoms with van der Waals surface area (Å²) >= 11 is 6.13. The van der Waals surface area contributed by atoms with E-state index in [-0.39, 0.29) is 11.5 Å². The highest BCUT2D eigenvalue weighted by Gasteiger charge is 2.41. The van der Waals surface area contributed by atoms with Crippen LogP contribution in [0.25, 0.3) is 0 Å². The molecule has 1 atom stereocenters. The van der Waals surface area contributed by atoms with Crippen LogP contribution in [0.5, 0.6) is 0 Å². The number of anilines is 1. The molecule has 2 N–H and O–H groups in total. The molecule has 1 aliphatic carbocycles. The Labute approximate surface area is 150 Å². The highest BCUT2D eigenvalue weighted by atomic mass is 35.5. The van der Waals surface area contributed by atoms with E-state index >= 15 is 0 Å². The van der Waals surface area contributed by atoms with E-state index in [1.165, 1.54) is 56.2 Å². The van der Waals surface area contributed by atoms with Gasteiger partial charge in [-0.25, -0.2) is 0 Å². The summed E-state index contributed by atoms with van der Waals surface area (Å²) in [6.45, 7) is 4.07. The molecule has 0 amide bonds. The lowest BCUT2D eigenvalue weighted by molar-refractivity contribution is 0.0342. The SMILES string of the molecule is OC(CN1CCC2(CC1)CNc1cc(Cl)ccc12)C1CCCCC1. The molecular formula is C20H29ClN2O. The summed E-state index contributed by atoms with van der Waals surface area (Å²) in [5.74, 6) is 0.533. The Morgan fingerprint density at radius 2 is 1.96 bits per heavy atom. The Hall–Kier alpha value is -0.770. The molecule has 0 aromatic heterocycles. The number of nitrogens with one attached hydrogen (secondary N) is 1. The Morgan fingerprint density at radius 3 is 2.71 bits per heavy atom. The minimum Gasteiger partial charge on any atom is -0.392 e. The molecular weight excluding hydrogens is 320 g/mol. The molecule has 1 unspecified atom stereocenters. The van der Waals surface area contributed by atoms with Crippen LogP contribution in [-0.4, -0.2) is 42.3 Å². The number of aliphatic hydroxyl groups is 1. The van der Waals surface area contributed by atoms with Crippen molar-refractivity contribution in [3.63, 3.8) is 0 Å². The zero-order chi connectivity index (χ0) is 16.6. The summed E-state index contributed by atoms with van der Waals surface area (Å²) in [6, 6.07) is 6.30. The molecule has 1 saturated heterocycles. The molecule has 1 aromatic rings. The number of fused-ring (bicyclic) bond motifs is 2. The van der Waals surface area contributed by atoms with Gasteiger partial charge < -0.3 is 15.3 Å². The van der Waals surface area contributed by atoms with Crippen molar-refractivity contribution in [3.05, 3.63) is 28.8 Å². The number of halogens is 1. The topological polar surface area (TPSA) is 35.5 Å². The van der Waals surface area contributed by atoms with Crippen molar-refractivity contribution in [2.45, 2.75) is 56.5 Å². The van der Waals surface area contributed by atoms with Crippen LogP contribution in [0, 0.1) is 5.92 Å². The van der Waals surface area contributed by atoms with Crippen LogP contribution >= 0.6 is 11.6 Å². The highest BCUT2D eigenvalue weighted by molar-refractivity contribution is 6.30. The number of nitrogens with zero attached hydrogens (tertiary/aromatic N) is 1. The van der Waals surface area contributed by atoms with E-state index in [1.54, 1.807) is 0 Å². The molecule has 1 spiro atoms. The number of hydrogen-bond acceptors (Lipinski definition) is 3. The lowest BCUT2D eigenvalue weighted by Crippen LogP contribution is -2.47. The number of aliphatic hydroxyl groups excluding tert-OH is 1. The second-order valence-electron chi connectivity index (χ2n) is 8.09. The number of likely N-dealkylation sites (tertiary alicyclic amines) is 1. The first kappa shape index (κ1) is 16.7. The van der Waals surface area contributed by atoms with Crippen molar-refractivity contribution in [2.24, 2.45) is 5.92 Å². The zero-order valence-electron chi connectivity index (χ0n) is 14.4. The zero-order valence-corrected chi connectivity index (χ0v) is 15.2. The van der Waals surface area contributed by atoms with Crippen LogP contribution < -0.4 is 5.32 Å². The van der Waals surface area contributed by atoms with Gasteiger partial charge in [0.2, 0.25) is 0 Å². The maximum atomic E-state index is 10.6. The van der Waals surface area contributed by atoms with E-state index < -0.39 is 0 Å². The highest BCUT2D eigenvalue weighted by Crippen LogP contribution is 2.44. The summed E-state index contributed by atoms with van der Waals surface area (Å²) in [5, 5.41) is 15.0. The molecule has 4 heteroatoms. The van der Waals surface area contributed by atoms with Gasteiger partial charge in [-0.2, -0.15) is 0 Å². The second-order valence-corrected chi connectivity index (χ2v) is 8.53. The van der Waals surface area contributed by atoms with Gasteiger partial charge in [0.1, 0.15) is 0 Å². The molecule has 2 aliphatic heterocycles. The molecule has 2 heterocycles. The summed E-state index contributed by atoms with van der Waals surface area (Å²) < 4.78 is 0. The molecule has 0 radical (unpaired) electrons. The number of rotatable bonds is 3. The molecule has 3 aliphatic rings. The quantitative estimate of drug-likeness (QED) is 0.865. The predicted octanol–water partition coefficient (Wildman–Crippen LogP) is 4.04. The monoisotopic (exact) mass is 348 g/mol. The second kappa shape index (κ2) is 6.86. The van der Waals surface area contributed by atoms with Crippen molar-refractivity contribution < 1.29 is 5.11 Å². The number of benzene rings is 1. The predicted molar refractivity (Wildman–Crippen MR) is 99.9 cm³/mol. The lowest BCUT2D eigenvalue weighted by atomic mass is 9.74. The summed E-state index contributed by atoms with van der Waals surface area (Å²) in [7, 11) is 0. The fourth-order valence-electron chi connectivity index (χ4n) is 5.03. The fourth-order valence-corrected chi connectivity index (χ4v) is 5.20. The molecule has 0 bridgehead atoms. The Bertz CT molecular complexity index is 577. The van der Waals surface area contributed by atoms with Crippen molar-refractivity contribution >= 4 is 17.3 Å². The molecule has 1 saturated carbocycles. The lowest BCUT2D eigenvalue weighted by Gasteiger charge is -2.41. The molecule has 24 heavy (non-hydrogen) atoms. The van der Waals surface area contributed by atoms with Crippen molar-refractivity contribution in [3.8, 4) is 0 Å². The van der Waals surface area contributed by atoms with E-state index in [1.807, 2.05) is 6.07 Å². The van der Waals surface area contributed by atoms with Crippen LogP contribution in [0.3, 0.4) is 0 Å². The summed E-state index contributed by atoms with van der Waals surface area (Å²) in [4.78, 5) is 2.48. The van der Waals surface area contributed by atoms with Gasteiger partial charge in [-0.05, 0) is 62.4 Å². The van der Waals surface area contributed by atoms with E-state index in [4.69, 9.17) is 11.6 Å². The standard InChI is InChI=1S/C20H29ClN2O/c21-16-6-7-17-18(12-16)22-14-20(17)8-10-23(11-9-20)13-19(24)15-4-2-1-3-5-15/h6-7,12,15,19,22,24H,1-5,8-11,13-14H2. The molecule has 1 aromatic carbocycles. The molecule has 4 rings (SSSR count). The van der Waals surface area contributed by atoms with Gasteiger partial charge in [0.15, 0.2) is 0 Å². The van der Waals surface area contributed by atoms with Gasteiger partial charge >= 0.3 is 0 Å². The Kier molecular flexibility index (Phi) is 4.77. The first-order valence-electron chi connectivity index (χ1n) is 9.61. The molecule has 2 fully saturated rings. The average molecular weight is 349 g/mol. The van der Waals surface area contributed by atoms with Crippen LogP contribution in [-0.2, 0) is 5.41 Å². The number of β-amino-alcohol motifs (C(OH)–C–C–N with tert-alkyl or cyclic N) is 1. The average Bonchev–Trinajstić information content (AvgIpc) is 2.95. The van der Waals surface area contributed by atoms with Crippen LogP contribution in [0.1, 0.15) is 50.5 Å². The van der Waals surface area contributed by atoms with Gasteiger partial charge in [-0.3, -0.25) is 0 Å². The van der Waals surface area contributed by atoms with Gasteiger partial charge in [0.25, 0.3) is 0 Å². The molecule has 3 nitrogen and oxygen atoms in total. The largest absolute Gasteiger partial charge is 0.392 e. The van der Waals surface area contributed by atoms with E-state index in [9.17, 15) is 5.11 Å². The maximum Gasteiger partial charge on any atom is 0.0695 e. The van der Waals surface area contributed by atoms with E-state index in [2.05, 4.69) is 22.3 Å². The third-order valence-electron chi connectivity index (χ3n) is 6.62. The number of hydrogen-bond donors (Lipinski definition) is 2. The van der Waals surface area contributed by atoms with Crippen LogP contribution in [0.2, 0.25) is 5.02 Å². The fraction of sp³-hybridized carbons (Fsp3) is 0.700. The van der Waals surface area contributed by atoms with Crippen molar-refractivity contribution in [1.82, 2.24) is 4.90 Å². The maximum absolute atomic E-state index is 10.6. The third kappa shape index (κ3) is 3.18. The van der Waals surface area contributed by atoms with Gasteiger partial charge in [0, 0.05) is 29.2 Å². The van der Waals surface area contributed by atoms with E-state index in [0.29, 0.717) is 5.92 Å². The van der Waals surface area contributed by atoms with Gasteiger partial charge in [0.05, 0.1) is 6.10 Å². The summed E-state index contributed by atoms with van der Waals surface area (Å²) in [6.07, 6.45) is 8.61. The van der Waals surface area contributed by atoms with Crippen molar-refractivity contribution in [1.29, 1.82) is 0 Å². The van der Waals surface area contributed by atoms with Gasteiger partial charge in [-0.1, -0.05) is 36.9 Å². The van der Waals surface area contributed by atoms with Crippen LogP contribution in [0.15, 0.2) is 18.2 Å². The third-order valence-corrected chi connectivity index (χ3v) is 6.86. The van der Waals surface area contributed by atoms with E-state index in [0.717, 1.165) is 31.2 Å². The van der Waals surface area contributed by atoms with Crippen LogP contribution in [0.4, 0.5) is 5.69 Å². The first-order chi connectivity index (χ1) is 11.7. The summed E-state index contributed by atoms with van der Waals surface area (Å²) in [5.41, 5.74) is 2.93. The Balaban J connectivity index is 1.36. The Morgan fingerprint density at radius 1 is 1.21 bits per heavy atom. The normalized spacial score (nSPS) is 25.4. The number of piperidine rings is 1. The van der Waals surface area contributed by atoms with Crippen molar-refractivity contribution in [2.75, 3.05) is 31.5 Å². The first-order valence-corrected chi connectivity index (χ1v) is 9.98.